The van der Waals surface area contributed by atoms with Gasteiger partial charge in [0.2, 0.25) is 0 Å². The fourth-order valence-electron chi connectivity index (χ4n) is 2.34. The molecule has 0 aliphatic carbocycles. The van der Waals surface area contributed by atoms with Gasteiger partial charge in [0.05, 0.1) is 24.2 Å². The molecular weight excluding hydrogens is 334 g/mol. The number of carboxylic acid groups (broad SMARTS) is 1. The van der Waals surface area contributed by atoms with Crippen LogP contribution < -0.4 is 4.74 Å². The summed E-state index contributed by atoms with van der Waals surface area (Å²) < 4.78 is 11.1. The molecule has 0 saturated carbocycles. The molecule has 0 saturated heterocycles. The molecule has 26 heavy (non-hydrogen) atoms. The Morgan fingerprint density at radius 3 is 2.46 bits per heavy atom. The second-order valence-electron chi connectivity index (χ2n) is 6.63. The lowest BCUT2D eigenvalue weighted by Crippen LogP contribution is -2.35. The van der Waals surface area contributed by atoms with Crippen molar-refractivity contribution in [2.75, 3.05) is 13.2 Å². The van der Waals surface area contributed by atoms with Gasteiger partial charge in [-0.15, -0.1) is 0 Å². The Kier molecular flexibility index (Phi) is 7.59. The molecule has 0 spiro atoms. The summed E-state index contributed by atoms with van der Waals surface area (Å²) in [6.45, 7) is 4.28. The molecule has 2 N–H and O–H groups in total. The number of H-pyrrole nitrogens is 1. The molecular formula is C19H27N3O4. The van der Waals surface area contributed by atoms with Crippen LogP contribution in [0.4, 0.5) is 0 Å². The van der Waals surface area contributed by atoms with Crippen molar-refractivity contribution < 1.29 is 19.4 Å². The molecule has 7 heteroatoms. The van der Waals surface area contributed by atoms with Gasteiger partial charge in [0.25, 0.3) is 0 Å². The lowest BCUT2D eigenvalue weighted by molar-refractivity contribution is -0.161. The molecule has 0 fully saturated rings. The maximum absolute atomic E-state index is 10.9. The predicted molar refractivity (Wildman–Crippen MR) is 98.1 cm³/mol. The van der Waals surface area contributed by atoms with Gasteiger partial charge in [0, 0.05) is 12.8 Å². The van der Waals surface area contributed by atoms with Crippen molar-refractivity contribution in [1.82, 2.24) is 15.2 Å². The number of carbonyl (C=O) groups is 1. The first-order valence-electron chi connectivity index (χ1n) is 8.95. The Balaban J connectivity index is 1.51. The molecule has 2 aromatic rings. The van der Waals surface area contributed by atoms with E-state index in [4.69, 9.17) is 14.6 Å². The minimum Gasteiger partial charge on any atom is -0.492 e. The second-order valence-corrected chi connectivity index (χ2v) is 6.63. The highest BCUT2D eigenvalue weighted by Gasteiger charge is 2.27. The molecule has 0 atom stereocenters. The number of hydrogen-bond donors (Lipinski definition) is 2. The van der Waals surface area contributed by atoms with E-state index in [1.54, 1.807) is 26.2 Å². The smallest absolute Gasteiger partial charge is 0.335 e. The summed E-state index contributed by atoms with van der Waals surface area (Å²) in [7, 11) is 0. The van der Waals surface area contributed by atoms with E-state index >= 15 is 0 Å². The average molecular weight is 361 g/mol. The molecule has 0 aromatic carbocycles. The minimum atomic E-state index is -1.10. The quantitative estimate of drug-likeness (QED) is 0.560. The molecule has 0 bridgehead atoms. The van der Waals surface area contributed by atoms with E-state index in [0.717, 1.165) is 49.2 Å². The van der Waals surface area contributed by atoms with Gasteiger partial charge < -0.3 is 14.6 Å². The van der Waals surface area contributed by atoms with Crippen LogP contribution in [0.3, 0.4) is 0 Å². The lowest BCUT2D eigenvalue weighted by atomic mass is 10.1. The molecule has 0 aliphatic rings. The molecule has 2 aromatic heterocycles. The molecule has 7 nitrogen and oxygen atoms in total. The van der Waals surface area contributed by atoms with E-state index in [9.17, 15) is 4.79 Å². The standard InChI is InChI=1S/C19H27N3O4/c1-19(2,18(23)24)26-13-7-5-3-4-6-12-25-15-8-9-16(20-14-15)17-10-11-21-22-17/h8-11,14H,3-7,12-13H2,1-2H3,(H,21,22)(H,23,24). The predicted octanol–water partition coefficient (Wildman–Crippen LogP) is 3.68. The first-order valence-corrected chi connectivity index (χ1v) is 8.95. The molecule has 0 aliphatic heterocycles. The van der Waals surface area contributed by atoms with E-state index in [-0.39, 0.29) is 0 Å². The maximum atomic E-state index is 10.9. The van der Waals surface area contributed by atoms with Crippen LogP contribution in [0.15, 0.2) is 30.6 Å². The highest BCUT2D eigenvalue weighted by molar-refractivity contribution is 5.76. The van der Waals surface area contributed by atoms with Gasteiger partial charge in [0.15, 0.2) is 5.60 Å². The number of nitrogens with zero attached hydrogens (tertiary/aromatic N) is 2. The normalized spacial score (nSPS) is 11.5. The number of aromatic amines is 1. The van der Waals surface area contributed by atoms with E-state index in [1.807, 2.05) is 18.2 Å². The lowest BCUT2D eigenvalue weighted by Gasteiger charge is -2.19. The summed E-state index contributed by atoms with van der Waals surface area (Å²) in [4.78, 5) is 15.3. The van der Waals surface area contributed by atoms with Crippen molar-refractivity contribution in [3.05, 3.63) is 30.6 Å². The number of unbranched alkanes of at least 4 members (excludes halogenated alkanes) is 4. The highest BCUT2D eigenvalue weighted by Crippen LogP contribution is 2.17. The third-order valence-electron chi connectivity index (χ3n) is 4.05. The molecule has 142 valence electrons. The molecule has 0 unspecified atom stereocenters. The van der Waals surface area contributed by atoms with Crippen LogP contribution in [0.5, 0.6) is 5.75 Å². The van der Waals surface area contributed by atoms with Crippen LogP contribution in [0, 0.1) is 0 Å². The topological polar surface area (TPSA) is 97.3 Å². The summed E-state index contributed by atoms with van der Waals surface area (Å²) >= 11 is 0. The van der Waals surface area contributed by atoms with Gasteiger partial charge in [-0.2, -0.15) is 5.10 Å². The van der Waals surface area contributed by atoms with E-state index in [2.05, 4.69) is 15.2 Å². The van der Waals surface area contributed by atoms with Crippen molar-refractivity contribution in [2.45, 2.75) is 51.6 Å². The number of carboxylic acids is 1. The van der Waals surface area contributed by atoms with Crippen molar-refractivity contribution in [3.63, 3.8) is 0 Å². The number of hydrogen-bond acceptors (Lipinski definition) is 5. The fourth-order valence-corrected chi connectivity index (χ4v) is 2.34. The number of nitrogens with one attached hydrogen (secondary N) is 1. The summed E-state index contributed by atoms with van der Waals surface area (Å²) in [5.74, 6) is -0.167. The largest absolute Gasteiger partial charge is 0.492 e. The highest BCUT2D eigenvalue weighted by atomic mass is 16.5. The zero-order valence-electron chi connectivity index (χ0n) is 15.4. The Morgan fingerprint density at radius 1 is 1.12 bits per heavy atom. The Hall–Kier alpha value is -2.41. The number of aromatic nitrogens is 3. The van der Waals surface area contributed by atoms with Crippen LogP contribution in [0.1, 0.15) is 46.0 Å². The van der Waals surface area contributed by atoms with Crippen molar-refractivity contribution in [2.24, 2.45) is 0 Å². The van der Waals surface area contributed by atoms with Gasteiger partial charge in [-0.25, -0.2) is 4.79 Å². The van der Waals surface area contributed by atoms with E-state index in [0.29, 0.717) is 13.2 Å². The number of rotatable bonds is 12. The van der Waals surface area contributed by atoms with Crippen LogP contribution in [-0.2, 0) is 9.53 Å². The summed E-state index contributed by atoms with van der Waals surface area (Å²) in [6.07, 6.45) is 8.44. The summed E-state index contributed by atoms with van der Waals surface area (Å²) in [5, 5.41) is 15.7. The van der Waals surface area contributed by atoms with Crippen LogP contribution in [-0.4, -0.2) is 45.1 Å². The van der Waals surface area contributed by atoms with Gasteiger partial charge in [-0.05, 0) is 44.9 Å². The Morgan fingerprint density at radius 2 is 1.85 bits per heavy atom. The monoisotopic (exact) mass is 361 g/mol. The average Bonchev–Trinajstić information content (AvgIpc) is 3.15. The molecule has 0 amide bonds. The number of pyridine rings is 1. The van der Waals surface area contributed by atoms with Gasteiger partial charge in [0.1, 0.15) is 5.75 Å². The van der Waals surface area contributed by atoms with Crippen LogP contribution in [0.2, 0.25) is 0 Å². The molecule has 0 radical (unpaired) electrons. The van der Waals surface area contributed by atoms with Crippen LogP contribution in [0.25, 0.3) is 11.4 Å². The molecule has 2 heterocycles. The van der Waals surface area contributed by atoms with E-state index < -0.39 is 11.6 Å². The zero-order chi connectivity index (χ0) is 18.8. The number of ether oxygens (including phenoxy) is 2. The minimum absolute atomic E-state index is 0.476. The maximum Gasteiger partial charge on any atom is 0.335 e. The molecule has 2 rings (SSSR count). The third-order valence-corrected chi connectivity index (χ3v) is 4.05. The number of aliphatic carboxylic acids is 1. The zero-order valence-corrected chi connectivity index (χ0v) is 15.4. The first-order chi connectivity index (χ1) is 12.5. The van der Waals surface area contributed by atoms with Crippen LogP contribution >= 0.6 is 0 Å². The van der Waals surface area contributed by atoms with Crippen molar-refractivity contribution in [1.29, 1.82) is 0 Å². The second kappa shape index (κ2) is 9.91. The first kappa shape index (κ1) is 19.9. The SMILES string of the molecule is CC(C)(OCCCCCCCOc1ccc(-c2ccn[nH]2)nc1)C(=O)O. The van der Waals surface area contributed by atoms with E-state index in [1.165, 1.54) is 0 Å². The van der Waals surface area contributed by atoms with Gasteiger partial charge >= 0.3 is 5.97 Å². The Bertz CT molecular complexity index is 654. The fraction of sp³-hybridized carbons (Fsp3) is 0.526. The summed E-state index contributed by atoms with van der Waals surface area (Å²) in [5.41, 5.74) is 0.616. The summed E-state index contributed by atoms with van der Waals surface area (Å²) in [6, 6.07) is 5.68. The van der Waals surface area contributed by atoms with Crippen molar-refractivity contribution in [3.8, 4) is 17.1 Å². The third kappa shape index (κ3) is 6.48. The van der Waals surface area contributed by atoms with Gasteiger partial charge in [-0.3, -0.25) is 10.1 Å². The Labute approximate surface area is 153 Å². The van der Waals surface area contributed by atoms with Gasteiger partial charge in [-0.1, -0.05) is 19.3 Å². The van der Waals surface area contributed by atoms with Crippen molar-refractivity contribution >= 4 is 5.97 Å².